The Bertz CT molecular complexity index is 759. The molecule has 1 N–H and O–H groups in total. The van der Waals surface area contributed by atoms with Crippen LogP contribution in [0.25, 0.3) is 0 Å². The van der Waals surface area contributed by atoms with Gasteiger partial charge in [-0.25, -0.2) is 0 Å². The zero-order valence-corrected chi connectivity index (χ0v) is 13.6. The molecule has 5 heteroatoms. The summed E-state index contributed by atoms with van der Waals surface area (Å²) in [5, 5.41) is 11.7. The summed E-state index contributed by atoms with van der Waals surface area (Å²) >= 11 is 0. The second-order valence-electron chi connectivity index (χ2n) is 5.41. The van der Waals surface area contributed by atoms with Crippen molar-refractivity contribution < 1.29 is 14.3 Å². The Morgan fingerprint density at radius 2 is 1.75 bits per heavy atom. The highest BCUT2D eigenvalue weighted by atomic mass is 16.5. The average molecular weight is 322 g/mol. The molecule has 0 fully saturated rings. The molecule has 122 valence electrons. The van der Waals surface area contributed by atoms with Crippen LogP contribution in [0.5, 0.6) is 0 Å². The van der Waals surface area contributed by atoms with Crippen LogP contribution in [0.3, 0.4) is 0 Å². The normalized spacial score (nSPS) is 11.2. The number of nitrogens with one attached hydrogen (secondary N) is 1. The van der Waals surface area contributed by atoms with Gasteiger partial charge in [-0.15, -0.1) is 0 Å². The zero-order valence-electron chi connectivity index (χ0n) is 13.6. The summed E-state index contributed by atoms with van der Waals surface area (Å²) in [7, 11) is 1.32. The molecule has 1 atom stereocenters. The lowest BCUT2D eigenvalue weighted by Gasteiger charge is -2.18. The molecule has 2 aromatic carbocycles. The Labute approximate surface area is 140 Å². The molecule has 1 amide bonds. The maximum absolute atomic E-state index is 12.4. The topological polar surface area (TPSA) is 79.2 Å². The summed E-state index contributed by atoms with van der Waals surface area (Å²) in [6.45, 7) is 1.97. The number of ether oxygens (including phenoxy) is 1. The van der Waals surface area contributed by atoms with Gasteiger partial charge in [0.25, 0.3) is 5.91 Å². The largest absolute Gasteiger partial charge is 0.469 e. The first kappa shape index (κ1) is 17.2. The summed E-state index contributed by atoms with van der Waals surface area (Å²) in [4.78, 5) is 24.1. The Hall–Kier alpha value is -3.13. The lowest BCUT2D eigenvalue weighted by atomic mass is 10.0. The van der Waals surface area contributed by atoms with E-state index >= 15 is 0 Å². The number of rotatable bonds is 5. The molecule has 0 aliphatic carbocycles. The van der Waals surface area contributed by atoms with Crippen molar-refractivity contribution in [3.63, 3.8) is 0 Å². The van der Waals surface area contributed by atoms with Gasteiger partial charge in [-0.2, -0.15) is 5.26 Å². The number of hydrogen-bond donors (Lipinski definition) is 1. The third-order valence-electron chi connectivity index (χ3n) is 3.66. The first-order valence-electron chi connectivity index (χ1n) is 7.48. The third kappa shape index (κ3) is 4.43. The van der Waals surface area contributed by atoms with E-state index < -0.39 is 12.0 Å². The van der Waals surface area contributed by atoms with E-state index in [0.29, 0.717) is 11.1 Å². The van der Waals surface area contributed by atoms with Crippen molar-refractivity contribution in [2.45, 2.75) is 19.4 Å². The second kappa shape index (κ2) is 7.93. The van der Waals surface area contributed by atoms with Crippen molar-refractivity contribution in [1.82, 2.24) is 5.32 Å². The summed E-state index contributed by atoms with van der Waals surface area (Å²) < 4.78 is 4.72. The van der Waals surface area contributed by atoms with Crippen LogP contribution in [0.1, 0.15) is 39.5 Å². The molecular weight excluding hydrogens is 304 g/mol. The molecule has 5 nitrogen and oxygen atoms in total. The molecule has 24 heavy (non-hydrogen) atoms. The van der Waals surface area contributed by atoms with Gasteiger partial charge in [0.2, 0.25) is 0 Å². The number of amides is 1. The van der Waals surface area contributed by atoms with Crippen LogP contribution < -0.4 is 5.32 Å². The van der Waals surface area contributed by atoms with Gasteiger partial charge in [-0.3, -0.25) is 9.59 Å². The molecule has 0 heterocycles. The molecule has 0 radical (unpaired) electrons. The van der Waals surface area contributed by atoms with Crippen LogP contribution in [0, 0.1) is 18.3 Å². The highest BCUT2D eigenvalue weighted by Crippen LogP contribution is 2.19. The first-order chi connectivity index (χ1) is 11.5. The predicted octanol–water partition coefficient (Wildman–Crippen LogP) is 2.90. The van der Waals surface area contributed by atoms with E-state index in [-0.39, 0.29) is 12.3 Å². The van der Waals surface area contributed by atoms with Crippen molar-refractivity contribution >= 4 is 11.9 Å². The van der Waals surface area contributed by atoms with E-state index in [1.165, 1.54) is 7.11 Å². The van der Waals surface area contributed by atoms with E-state index in [9.17, 15) is 9.59 Å². The summed E-state index contributed by atoms with van der Waals surface area (Å²) in [6.07, 6.45) is 0.0432. The Balaban J connectivity index is 2.20. The minimum absolute atomic E-state index is 0.0432. The Morgan fingerprint density at radius 3 is 2.29 bits per heavy atom. The van der Waals surface area contributed by atoms with Gasteiger partial charge in [0.15, 0.2) is 0 Å². The minimum atomic E-state index is -0.485. The van der Waals surface area contributed by atoms with E-state index in [1.54, 1.807) is 24.3 Å². The fraction of sp³-hybridized carbons (Fsp3) is 0.211. The molecule has 0 bridgehead atoms. The van der Waals surface area contributed by atoms with Gasteiger partial charge >= 0.3 is 5.97 Å². The van der Waals surface area contributed by atoms with Crippen LogP contribution in [0.4, 0.5) is 0 Å². The average Bonchev–Trinajstić information content (AvgIpc) is 2.61. The van der Waals surface area contributed by atoms with Gasteiger partial charge < -0.3 is 10.1 Å². The van der Waals surface area contributed by atoms with Crippen molar-refractivity contribution in [1.29, 1.82) is 5.26 Å². The smallest absolute Gasteiger partial charge is 0.307 e. The predicted molar refractivity (Wildman–Crippen MR) is 89.2 cm³/mol. The van der Waals surface area contributed by atoms with Crippen LogP contribution in [0.15, 0.2) is 48.5 Å². The molecular formula is C19H18N2O3. The molecule has 0 spiro atoms. The van der Waals surface area contributed by atoms with Gasteiger partial charge in [-0.05, 0) is 36.8 Å². The van der Waals surface area contributed by atoms with Crippen LogP contribution >= 0.6 is 0 Å². The minimum Gasteiger partial charge on any atom is -0.469 e. The van der Waals surface area contributed by atoms with Gasteiger partial charge in [0, 0.05) is 5.56 Å². The quantitative estimate of drug-likeness (QED) is 0.858. The van der Waals surface area contributed by atoms with Gasteiger partial charge in [0.05, 0.1) is 31.2 Å². The van der Waals surface area contributed by atoms with Crippen LogP contribution in [-0.4, -0.2) is 19.0 Å². The van der Waals surface area contributed by atoms with Crippen molar-refractivity contribution in [3.8, 4) is 6.07 Å². The second-order valence-corrected chi connectivity index (χ2v) is 5.41. The molecule has 0 aromatic heterocycles. The van der Waals surface area contributed by atoms with E-state index in [0.717, 1.165) is 11.1 Å². The number of aryl methyl sites for hydroxylation is 1. The molecule has 2 aromatic rings. The van der Waals surface area contributed by atoms with Gasteiger partial charge in [0.1, 0.15) is 0 Å². The molecule has 0 aliphatic heterocycles. The lowest BCUT2D eigenvalue weighted by molar-refractivity contribution is -0.141. The number of nitriles is 1. The Kier molecular flexibility index (Phi) is 5.69. The summed E-state index contributed by atoms with van der Waals surface area (Å²) in [6, 6.07) is 15.4. The van der Waals surface area contributed by atoms with E-state index in [4.69, 9.17) is 10.00 Å². The Morgan fingerprint density at radius 1 is 1.12 bits per heavy atom. The molecule has 0 saturated heterocycles. The maximum Gasteiger partial charge on any atom is 0.307 e. The number of benzene rings is 2. The molecule has 0 aliphatic rings. The summed E-state index contributed by atoms with van der Waals surface area (Å²) in [5.41, 5.74) is 2.83. The number of carbonyl (C=O) groups excluding carboxylic acids is 2. The maximum atomic E-state index is 12.4. The standard InChI is InChI=1S/C19H18N2O3/c1-13-3-7-15(8-4-13)17(11-18(22)24-2)21-19(23)16-9-5-14(12-20)6-10-16/h3-10,17H,11H2,1-2H3,(H,21,23). The summed E-state index contributed by atoms with van der Waals surface area (Å²) in [5.74, 6) is -0.713. The van der Waals surface area contributed by atoms with Crippen LogP contribution in [-0.2, 0) is 9.53 Å². The van der Waals surface area contributed by atoms with Crippen LogP contribution in [0.2, 0.25) is 0 Å². The highest BCUT2D eigenvalue weighted by Gasteiger charge is 2.19. The molecule has 0 saturated carbocycles. The molecule has 1 unspecified atom stereocenters. The third-order valence-corrected chi connectivity index (χ3v) is 3.66. The van der Waals surface area contributed by atoms with E-state index in [1.807, 2.05) is 37.3 Å². The lowest BCUT2D eigenvalue weighted by Crippen LogP contribution is -2.30. The fourth-order valence-corrected chi connectivity index (χ4v) is 2.24. The number of carbonyl (C=O) groups is 2. The van der Waals surface area contributed by atoms with Crippen molar-refractivity contribution in [2.24, 2.45) is 0 Å². The monoisotopic (exact) mass is 322 g/mol. The van der Waals surface area contributed by atoms with Crippen molar-refractivity contribution in [2.75, 3.05) is 7.11 Å². The number of methoxy groups -OCH3 is 1. The number of hydrogen-bond acceptors (Lipinski definition) is 4. The van der Waals surface area contributed by atoms with Gasteiger partial charge in [-0.1, -0.05) is 29.8 Å². The van der Waals surface area contributed by atoms with Crippen molar-refractivity contribution in [3.05, 3.63) is 70.8 Å². The first-order valence-corrected chi connectivity index (χ1v) is 7.48. The zero-order chi connectivity index (χ0) is 17.5. The number of esters is 1. The molecule has 2 rings (SSSR count). The van der Waals surface area contributed by atoms with E-state index in [2.05, 4.69) is 5.32 Å². The SMILES string of the molecule is COC(=O)CC(NC(=O)c1ccc(C#N)cc1)c1ccc(C)cc1. The fourth-order valence-electron chi connectivity index (χ4n) is 2.24. The highest BCUT2D eigenvalue weighted by molar-refractivity contribution is 5.94. The number of nitrogens with zero attached hydrogens (tertiary/aromatic N) is 1.